The lowest BCUT2D eigenvalue weighted by Crippen LogP contribution is -2.48. The number of rotatable bonds is 2. The molecule has 0 radical (unpaired) electrons. The quantitative estimate of drug-likeness (QED) is 0.889. The van der Waals surface area contributed by atoms with E-state index in [-0.39, 0.29) is 17.4 Å². The standard InChI is InChI=1S/C13H17NO4S/c1-8-4-5-10-12(6-8)19(17,18)11(7-13(15)16)9(2)14(10)3/h4-6,9,11H,7H2,1-3H3,(H,15,16). The number of aryl methyl sites for hydroxylation is 1. The second-order valence-electron chi connectivity index (χ2n) is 5.00. The lowest BCUT2D eigenvalue weighted by atomic mass is 10.1. The van der Waals surface area contributed by atoms with Gasteiger partial charge in [-0.05, 0) is 31.5 Å². The average molecular weight is 283 g/mol. The molecule has 0 saturated heterocycles. The fraction of sp³-hybridized carbons (Fsp3) is 0.462. The zero-order valence-corrected chi connectivity index (χ0v) is 11.9. The number of benzene rings is 1. The highest BCUT2D eigenvalue weighted by atomic mass is 32.2. The molecule has 0 fully saturated rings. The number of aliphatic carboxylic acids is 1. The number of anilines is 1. The predicted molar refractivity (Wildman–Crippen MR) is 72.3 cm³/mol. The van der Waals surface area contributed by atoms with Crippen molar-refractivity contribution in [2.45, 2.75) is 36.5 Å². The molecule has 2 rings (SSSR count). The lowest BCUT2D eigenvalue weighted by molar-refractivity contribution is -0.137. The van der Waals surface area contributed by atoms with E-state index in [1.807, 2.05) is 17.9 Å². The van der Waals surface area contributed by atoms with E-state index in [1.54, 1.807) is 26.1 Å². The van der Waals surface area contributed by atoms with Gasteiger partial charge in [0.15, 0.2) is 9.84 Å². The molecule has 1 aliphatic heterocycles. The molecule has 6 heteroatoms. The molecule has 0 bridgehead atoms. The molecule has 0 amide bonds. The first-order valence-electron chi connectivity index (χ1n) is 6.04. The van der Waals surface area contributed by atoms with Crippen molar-refractivity contribution in [1.82, 2.24) is 0 Å². The van der Waals surface area contributed by atoms with Gasteiger partial charge in [-0.2, -0.15) is 0 Å². The molecule has 19 heavy (non-hydrogen) atoms. The van der Waals surface area contributed by atoms with Crippen LogP contribution >= 0.6 is 0 Å². The highest BCUT2D eigenvalue weighted by Gasteiger charge is 2.42. The topological polar surface area (TPSA) is 74.7 Å². The number of carboxylic acids is 1. The molecule has 2 atom stereocenters. The summed E-state index contributed by atoms with van der Waals surface area (Å²) in [6.45, 7) is 3.56. The van der Waals surface area contributed by atoms with Crippen LogP contribution in [0.2, 0.25) is 0 Å². The van der Waals surface area contributed by atoms with Crippen molar-refractivity contribution in [2.75, 3.05) is 11.9 Å². The van der Waals surface area contributed by atoms with Crippen LogP contribution in [0.4, 0.5) is 5.69 Å². The number of hydrogen-bond donors (Lipinski definition) is 1. The van der Waals surface area contributed by atoms with Crippen LogP contribution in [0, 0.1) is 6.92 Å². The normalized spacial score (nSPS) is 24.9. The number of hydrogen-bond acceptors (Lipinski definition) is 4. The fourth-order valence-electron chi connectivity index (χ4n) is 2.48. The van der Waals surface area contributed by atoms with Crippen molar-refractivity contribution in [3.05, 3.63) is 23.8 Å². The third-order valence-electron chi connectivity index (χ3n) is 3.73. The van der Waals surface area contributed by atoms with E-state index >= 15 is 0 Å². The Balaban J connectivity index is 2.63. The van der Waals surface area contributed by atoms with E-state index < -0.39 is 21.1 Å². The number of sulfone groups is 1. The third-order valence-corrected chi connectivity index (χ3v) is 6.02. The monoisotopic (exact) mass is 283 g/mol. The second kappa shape index (κ2) is 4.52. The van der Waals surface area contributed by atoms with Crippen LogP contribution in [0.1, 0.15) is 18.9 Å². The molecule has 1 heterocycles. The van der Waals surface area contributed by atoms with E-state index in [0.29, 0.717) is 5.69 Å². The van der Waals surface area contributed by atoms with Gasteiger partial charge in [0, 0.05) is 13.1 Å². The summed E-state index contributed by atoms with van der Waals surface area (Å²) in [5.74, 6) is -1.09. The maximum Gasteiger partial charge on any atom is 0.304 e. The maximum absolute atomic E-state index is 12.6. The van der Waals surface area contributed by atoms with Crippen molar-refractivity contribution in [1.29, 1.82) is 0 Å². The van der Waals surface area contributed by atoms with Crippen molar-refractivity contribution >= 4 is 21.5 Å². The second-order valence-corrected chi connectivity index (χ2v) is 7.14. The predicted octanol–water partition coefficient (Wildman–Crippen LogP) is 1.45. The van der Waals surface area contributed by atoms with Crippen molar-refractivity contribution in [2.24, 2.45) is 0 Å². The summed E-state index contributed by atoms with van der Waals surface area (Å²) < 4.78 is 25.1. The minimum Gasteiger partial charge on any atom is -0.481 e. The zero-order chi connectivity index (χ0) is 14.4. The Bertz CT molecular complexity index is 624. The molecule has 104 valence electrons. The summed E-state index contributed by atoms with van der Waals surface area (Å²) in [5.41, 5.74) is 1.49. The first-order chi connectivity index (χ1) is 8.75. The van der Waals surface area contributed by atoms with Crippen molar-refractivity contribution in [3.8, 4) is 0 Å². The van der Waals surface area contributed by atoms with Crippen LogP contribution in [0.15, 0.2) is 23.1 Å². The summed E-state index contributed by atoms with van der Waals surface area (Å²) in [7, 11) is -1.81. The molecule has 1 aliphatic rings. The molecule has 1 aromatic rings. The fourth-order valence-corrected chi connectivity index (χ4v) is 4.73. The van der Waals surface area contributed by atoms with Crippen LogP contribution in [0.5, 0.6) is 0 Å². The Morgan fingerprint density at radius 2 is 2.05 bits per heavy atom. The minimum atomic E-state index is -3.61. The minimum absolute atomic E-state index is 0.236. The van der Waals surface area contributed by atoms with Gasteiger partial charge in [-0.15, -0.1) is 0 Å². The Kier molecular flexibility index (Phi) is 3.30. The summed E-state index contributed by atoms with van der Waals surface area (Å²) in [6, 6.07) is 4.88. The molecule has 2 unspecified atom stereocenters. The van der Waals surface area contributed by atoms with Gasteiger partial charge < -0.3 is 10.0 Å². The van der Waals surface area contributed by atoms with Gasteiger partial charge in [-0.25, -0.2) is 8.42 Å². The number of carbonyl (C=O) groups is 1. The highest BCUT2D eigenvalue weighted by Crippen LogP contribution is 2.37. The molecule has 0 aromatic heterocycles. The molecule has 0 spiro atoms. The molecule has 0 saturated carbocycles. The van der Waals surface area contributed by atoms with Crippen LogP contribution < -0.4 is 4.90 Å². The smallest absolute Gasteiger partial charge is 0.304 e. The van der Waals surface area contributed by atoms with Gasteiger partial charge >= 0.3 is 5.97 Å². The molecule has 1 N–H and O–H groups in total. The number of fused-ring (bicyclic) bond motifs is 1. The van der Waals surface area contributed by atoms with E-state index in [0.717, 1.165) is 5.56 Å². The molecule has 1 aromatic carbocycles. The van der Waals surface area contributed by atoms with Gasteiger partial charge in [0.2, 0.25) is 0 Å². The Hall–Kier alpha value is -1.56. The lowest BCUT2D eigenvalue weighted by Gasteiger charge is -2.38. The van der Waals surface area contributed by atoms with Gasteiger partial charge in [0.25, 0.3) is 0 Å². The number of carboxylic acid groups (broad SMARTS) is 1. The van der Waals surface area contributed by atoms with Crippen LogP contribution in [-0.4, -0.2) is 37.8 Å². The van der Waals surface area contributed by atoms with Gasteiger partial charge in [-0.3, -0.25) is 4.79 Å². The first-order valence-corrected chi connectivity index (χ1v) is 7.59. The SMILES string of the molecule is Cc1ccc2c(c1)S(=O)(=O)C(CC(=O)O)C(C)N2C. The maximum atomic E-state index is 12.6. The molecular formula is C13H17NO4S. The Morgan fingerprint density at radius 1 is 1.42 bits per heavy atom. The van der Waals surface area contributed by atoms with Gasteiger partial charge in [0.1, 0.15) is 0 Å². The van der Waals surface area contributed by atoms with Crippen molar-refractivity contribution < 1.29 is 18.3 Å². The van der Waals surface area contributed by atoms with Crippen molar-refractivity contribution in [3.63, 3.8) is 0 Å². The average Bonchev–Trinajstić information content (AvgIpc) is 2.32. The Morgan fingerprint density at radius 3 is 2.63 bits per heavy atom. The molecular weight excluding hydrogens is 266 g/mol. The van der Waals surface area contributed by atoms with E-state index in [4.69, 9.17) is 5.11 Å². The molecule has 5 nitrogen and oxygen atoms in total. The number of nitrogens with zero attached hydrogens (tertiary/aromatic N) is 1. The summed E-state index contributed by atoms with van der Waals surface area (Å²) >= 11 is 0. The Labute approximate surface area is 112 Å². The zero-order valence-electron chi connectivity index (χ0n) is 11.1. The summed E-state index contributed by atoms with van der Waals surface area (Å²) in [4.78, 5) is 13.0. The van der Waals surface area contributed by atoms with E-state index in [2.05, 4.69) is 0 Å². The summed E-state index contributed by atoms with van der Waals surface area (Å²) in [5, 5.41) is 8.01. The largest absolute Gasteiger partial charge is 0.481 e. The first kappa shape index (κ1) is 13.9. The van der Waals surface area contributed by atoms with E-state index in [9.17, 15) is 13.2 Å². The van der Waals surface area contributed by atoms with Gasteiger partial charge in [0.05, 0.1) is 22.3 Å². The van der Waals surface area contributed by atoms with E-state index in [1.165, 1.54) is 0 Å². The highest BCUT2D eigenvalue weighted by molar-refractivity contribution is 7.92. The van der Waals surface area contributed by atoms with Crippen LogP contribution in [0.25, 0.3) is 0 Å². The third kappa shape index (κ3) is 2.20. The van der Waals surface area contributed by atoms with Crippen LogP contribution in [-0.2, 0) is 14.6 Å². The van der Waals surface area contributed by atoms with Crippen LogP contribution in [0.3, 0.4) is 0 Å². The summed E-state index contributed by atoms with van der Waals surface area (Å²) in [6.07, 6.45) is -0.374. The van der Waals surface area contributed by atoms with Gasteiger partial charge in [-0.1, -0.05) is 6.07 Å². The molecule has 0 aliphatic carbocycles.